The number of amides is 2. The van der Waals surface area contributed by atoms with Gasteiger partial charge in [0, 0.05) is 13.2 Å². The number of rotatable bonds is 5. The first-order valence-corrected chi connectivity index (χ1v) is 9.23. The molecule has 2 N–H and O–H groups in total. The van der Waals surface area contributed by atoms with Gasteiger partial charge in [-0.15, -0.1) is 0 Å². The molecule has 1 aliphatic rings. The van der Waals surface area contributed by atoms with E-state index in [4.69, 9.17) is 4.74 Å². The third-order valence-corrected chi connectivity index (χ3v) is 4.62. The van der Waals surface area contributed by atoms with E-state index >= 15 is 0 Å². The van der Waals surface area contributed by atoms with Crippen LogP contribution in [-0.4, -0.2) is 41.0 Å². The lowest BCUT2D eigenvalue weighted by atomic mass is 10.1. The minimum Gasteiger partial charge on any atom is -0.376 e. The van der Waals surface area contributed by atoms with Crippen LogP contribution in [0.3, 0.4) is 0 Å². The Bertz CT molecular complexity index is 1020. The zero-order valence-electron chi connectivity index (χ0n) is 15.2. The van der Waals surface area contributed by atoms with E-state index in [2.05, 4.69) is 20.6 Å². The molecule has 1 atom stereocenters. The number of carbonyl (C=O) groups is 2. The number of benzene rings is 2. The minimum absolute atomic E-state index is 0.0542. The van der Waals surface area contributed by atoms with Crippen LogP contribution in [0.15, 0.2) is 54.7 Å². The molecular weight excluding hydrogens is 356 g/mol. The highest BCUT2D eigenvalue weighted by Gasteiger charge is 2.19. The predicted octanol–water partition coefficient (Wildman–Crippen LogP) is 2.79. The summed E-state index contributed by atoms with van der Waals surface area (Å²) in [6.45, 7) is 1.19. The number of aromatic nitrogens is 2. The second-order valence-corrected chi connectivity index (χ2v) is 6.59. The molecule has 28 heavy (non-hydrogen) atoms. The van der Waals surface area contributed by atoms with Crippen molar-refractivity contribution in [2.24, 2.45) is 0 Å². The summed E-state index contributed by atoms with van der Waals surface area (Å²) in [7, 11) is 0. The molecule has 0 unspecified atom stereocenters. The monoisotopic (exact) mass is 376 g/mol. The summed E-state index contributed by atoms with van der Waals surface area (Å²) in [5.74, 6) is -0.673. The molecule has 0 spiro atoms. The Hall–Kier alpha value is -3.32. The first-order chi connectivity index (χ1) is 13.7. The maximum atomic E-state index is 12.6. The highest BCUT2D eigenvalue weighted by molar-refractivity contribution is 6.08. The highest BCUT2D eigenvalue weighted by atomic mass is 16.5. The van der Waals surface area contributed by atoms with Crippen molar-refractivity contribution in [1.29, 1.82) is 0 Å². The number of ether oxygens (including phenoxy) is 1. The van der Waals surface area contributed by atoms with Crippen molar-refractivity contribution in [3.63, 3.8) is 0 Å². The molecule has 1 saturated heterocycles. The topological polar surface area (TPSA) is 93.2 Å². The van der Waals surface area contributed by atoms with Crippen LogP contribution in [0, 0.1) is 0 Å². The molecule has 3 aromatic rings. The molecule has 7 nitrogen and oxygen atoms in total. The number of fused-ring (bicyclic) bond motifs is 1. The standard InChI is InChI=1S/C21H20N4O3/c26-20(23-12-14-6-5-11-28-14)15-7-1-2-8-16(15)25-21(27)19-13-22-17-9-3-4-10-18(17)24-19/h1-4,7-10,13-14H,5-6,11-12H2,(H,23,26)(H,25,27)/t14-/m0/s1. The number of anilines is 1. The van der Waals surface area contributed by atoms with E-state index in [-0.39, 0.29) is 17.7 Å². The van der Waals surface area contributed by atoms with Crippen LogP contribution < -0.4 is 10.6 Å². The summed E-state index contributed by atoms with van der Waals surface area (Å²) in [5, 5.41) is 5.64. The van der Waals surface area contributed by atoms with Crippen molar-refractivity contribution >= 4 is 28.5 Å². The zero-order valence-corrected chi connectivity index (χ0v) is 15.2. The number of nitrogens with one attached hydrogen (secondary N) is 2. The van der Waals surface area contributed by atoms with Gasteiger partial charge in [0.1, 0.15) is 5.69 Å². The lowest BCUT2D eigenvalue weighted by molar-refractivity contribution is 0.0858. The van der Waals surface area contributed by atoms with Gasteiger partial charge in [0.05, 0.1) is 34.6 Å². The SMILES string of the molecule is O=C(Nc1ccccc1C(=O)NC[C@@H]1CCCO1)c1cnc2ccccc2n1. The second kappa shape index (κ2) is 8.14. The summed E-state index contributed by atoms with van der Waals surface area (Å²) >= 11 is 0. The lowest BCUT2D eigenvalue weighted by Crippen LogP contribution is -2.32. The molecule has 0 saturated carbocycles. The fourth-order valence-electron chi connectivity index (χ4n) is 3.15. The fraction of sp³-hybridized carbons (Fsp3) is 0.238. The quantitative estimate of drug-likeness (QED) is 0.714. The summed E-state index contributed by atoms with van der Waals surface area (Å²) < 4.78 is 5.53. The minimum atomic E-state index is -0.419. The third kappa shape index (κ3) is 3.99. The van der Waals surface area contributed by atoms with Crippen molar-refractivity contribution in [2.75, 3.05) is 18.5 Å². The number of hydrogen-bond acceptors (Lipinski definition) is 5. The van der Waals surface area contributed by atoms with Crippen LogP contribution in [0.25, 0.3) is 11.0 Å². The van der Waals surface area contributed by atoms with Crippen LogP contribution in [0.2, 0.25) is 0 Å². The Balaban J connectivity index is 1.49. The fourth-order valence-corrected chi connectivity index (χ4v) is 3.15. The Kier molecular flexibility index (Phi) is 5.25. The van der Waals surface area contributed by atoms with Gasteiger partial charge < -0.3 is 15.4 Å². The van der Waals surface area contributed by atoms with Gasteiger partial charge in [-0.05, 0) is 37.1 Å². The zero-order chi connectivity index (χ0) is 19.3. The second-order valence-electron chi connectivity index (χ2n) is 6.59. The van der Waals surface area contributed by atoms with Gasteiger partial charge in [0.2, 0.25) is 0 Å². The van der Waals surface area contributed by atoms with Crippen LogP contribution in [-0.2, 0) is 4.74 Å². The molecular formula is C21H20N4O3. The van der Waals surface area contributed by atoms with E-state index in [9.17, 15) is 9.59 Å². The molecule has 2 aromatic carbocycles. The molecule has 0 aliphatic carbocycles. The van der Waals surface area contributed by atoms with Gasteiger partial charge in [-0.25, -0.2) is 4.98 Å². The predicted molar refractivity (Wildman–Crippen MR) is 105 cm³/mol. The van der Waals surface area contributed by atoms with Gasteiger partial charge in [0.15, 0.2) is 0 Å². The first-order valence-electron chi connectivity index (χ1n) is 9.23. The smallest absolute Gasteiger partial charge is 0.275 e. The molecule has 1 aromatic heterocycles. The summed E-state index contributed by atoms with van der Waals surface area (Å²) in [5.41, 5.74) is 2.36. The maximum absolute atomic E-state index is 12.6. The maximum Gasteiger partial charge on any atom is 0.275 e. The lowest BCUT2D eigenvalue weighted by Gasteiger charge is -2.13. The third-order valence-electron chi connectivity index (χ3n) is 4.62. The summed E-state index contributed by atoms with van der Waals surface area (Å²) in [6, 6.07) is 14.2. The average molecular weight is 376 g/mol. The average Bonchev–Trinajstić information content (AvgIpc) is 3.25. The summed E-state index contributed by atoms with van der Waals surface area (Å²) in [4.78, 5) is 33.8. The van der Waals surface area contributed by atoms with E-state index in [1.807, 2.05) is 18.2 Å². The Morgan fingerprint density at radius 3 is 2.64 bits per heavy atom. The van der Waals surface area contributed by atoms with Crippen molar-refractivity contribution in [2.45, 2.75) is 18.9 Å². The molecule has 4 rings (SSSR count). The first kappa shape index (κ1) is 18.1. The molecule has 0 bridgehead atoms. The van der Waals surface area contributed by atoms with Gasteiger partial charge in [0.25, 0.3) is 11.8 Å². The molecule has 1 fully saturated rings. The van der Waals surface area contributed by atoms with Crippen molar-refractivity contribution < 1.29 is 14.3 Å². The molecule has 142 valence electrons. The molecule has 2 amide bonds. The normalized spacial score (nSPS) is 16.1. The van der Waals surface area contributed by atoms with E-state index < -0.39 is 5.91 Å². The van der Waals surface area contributed by atoms with Crippen LogP contribution in [0.4, 0.5) is 5.69 Å². The van der Waals surface area contributed by atoms with Crippen LogP contribution in [0.5, 0.6) is 0 Å². The number of hydrogen-bond donors (Lipinski definition) is 2. The number of para-hydroxylation sites is 3. The number of nitrogens with zero attached hydrogens (tertiary/aromatic N) is 2. The Labute approximate surface area is 162 Å². The Morgan fingerprint density at radius 1 is 1.04 bits per heavy atom. The van der Waals surface area contributed by atoms with Gasteiger partial charge >= 0.3 is 0 Å². The van der Waals surface area contributed by atoms with Crippen LogP contribution in [0.1, 0.15) is 33.7 Å². The van der Waals surface area contributed by atoms with Crippen molar-refractivity contribution in [3.05, 3.63) is 66.0 Å². The van der Waals surface area contributed by atoms with E-state index in [0.29, 0.717) is 28.8 Å². The molecule has 2 heterocycles. The van der Waals surface area contributed by atoms with Crippen LogP contribution >= 0.6 is 0 Å². The molecule has 7 heteroatoms. The van der Waals surface area contributed by atoms with Gasteiger partial charge in [-0.3, -0.25) is 14.6 Å². The molecule has 1 aliphatic heterocycles. The Morgan fingerprint density at radius 2 is 1.82 bits per heavy atom. The highest BCUT2D eigenvalue weighted by Crippen LogP contribution is 2.17. The largest absolute Gasteiger partial charge is 0.376 e. The van der Waals surface area contributed by atoms with E-state index in [1.54, 1.807) is 30.3 Å². The van der Waals surface area contributed by atoms with E-state index in [0.717, 1.165) is 19.4 Å². The van der Waals surface area contributed by atoms with Crippen molar-refractivity contribution in [1.82, 2.24) is 15.3 Å². The van der Waals surface area contributed by atoms with Gasteiger partial charge in [-0.2, -0.15) is 0 Å². The van der Waals surface area contributed by atoms with E-state index in [1.165, 1.54) is 6.20 Å². The number of carbonyl (C=O) groups excluding carboxylic acids is 2. The van der Waals surface area contributed by atoms with Crippen molar-refractivity contribution in [3.8, 4) is 0 Å². The van der Waals surface area contributed by atoms with Gasteiger partial charge in [-0.1, -0.05) is 24.3 Å². The summed E-state index contributed by atoms with van der Waals surface area (Å²) in [6.07, 6.45) is 3.44. The molecule has 0 radical (unpaired) electrons.